The summed E-state index contributed by atoms with van der Waals surface area (Å²) in [5, 5.41) is 24.3. The monoisotopic (exact) mass is 594 g/mol. The maximum absolute atomic E-state index is 13.2. The van der Waals surface area contributed by atoms with Crippen LogP contribution in [-0.4, -0.2) is 78.3 Å². The topological polar surface area (TPSA) is 107 Å². The summed E-state index contributed by atoms with van der Waals surface area (Å²) in [4.78, 5) is 24.4. The first-order chi connectivity index (χ1) is 20.1. The third-order valence-corrected chi connectivity index (χ3v) is 8.39. The van der Waals surface area contributed by atoms with Gasteiger partial charge in [0, 0.05) is 24.0 Å². The highest BCUT2D eigenvalue weighted by Crippen LogP contribution is 2.39. The second-order valence-corrected chi connectivity index (χ2v) is 12.9. The normalized spacial score (nSPS) is 25.3. The SMILES string of the molecule is COC(=O)c1ccccc1C1=N[C@H]([C@H](O)CN2C[C@H]3CCCC[C@H]3C[C@H]2C([O-])=NC(C)(C)C)CO1.Sc1ccccc1. The smallest absolute Gasteiger partial charge is 0.338 e. The third-order valence-electron chi connectivity index (χ3n) is 8.09. The predicted octanol–water partition coefficient (Wildman–Crippen LogP) is 4.39. The van der Waals surface area contributed by atoms with Gasteiger partial charge < -0.3 is 19.7 Å². The molecule has 0 unspecified atom stereocenters. The average molecular weight is 595 g/mol. The largest absolute Gasteiger partial charge is 0.861 e. The first-order valence-electron chi connectivity index (χ1n) is 14.9. The molecule has 8 nitrogen and oxygen atoms in total. The van der Waals surface area contributed by atoms with Crippen molar-refractivity contribution in [3.63, 3.8) is 0 Å². The van der Waals surface area contributed by atoms with Gasteiger partial charge in [-0.05, 0) is 75.6 Å². The number of methoxy groups -OCH3 is 1. The van der Waals surface area contributed by atoms with E-state index in [9.17, 15) is 15.0 Å². The number of piperidine rings is 1. The van der Waals surface area contributed by atoms with Crippen LogP contribution in [0.4, 0.5) is 0 Å². The van der Waals surface area contributed by atoms with E-state index in [-0.39, 0.29) is 18.5 Å². The van der Waals surface area contributed by atoms with Crippen molar-refractivity contribution in [2.45, 2.75) is 81.5 Å². The maximum atomic E-state index is 13.2. The molecular formula is C33H44N3O5S-. The number of aliphatic hydroxyl groups excluding tert-OH is 1. The molecule has 1 aliphatic carbocycles. The highest BCUT2D eigenvalue weighted by Gasteiger charge is 2.39. The fourth-order valence-electron chi connectivity index (χ4n) is 6.04. The summed E-state index contributed by atoms with van der Waals surface area (Å²) < 4.78 is 10.7. The number of aliphatic hydroxyl groups is 1. The number of thiol groups is 1. The number of hydrogen-bond acceptors (Lipinski definition) is 9. The highest BCUT2D eigenvalue weighted by molar-refractivity contribution is 7.80. The van der Waals surface area contributed by atoms with E-state index in [2.05, 4.69) is 27.5 Å². The van der Waals surface area contributed by atoms with E-state index in [0.717, 1.165) is 17.9 Å². The van der Waals surface area contributed by atoms with Gasteiger partial charge in [-0.2, -0.15) is 0 Å². The van der Waals surface area contributed by atoms with Crippen LogP contribution in [-0.2, 0) is 9.47 Å². The predicted molar refractivity (Wildman–Crippen MR) is 166 cm³/mol. The summed E-state index contributed by atoms with van der Waals surface area (Å²) in [5.41, 5.74) is 0.489. The first-order valence-corrected chi connectivity index (χ1v) is 15.3. The van der Waals surface area contributed by atoms with Crippen molar-refractivity contribution < 1.29 is 24.5 Å². The number of benzene rings is 2. The fourth-order valence-corrected chi connectivity index (χ4v) is 6.22. The molecule has 2 fully saturated rings. The molecule has 5 rings (SSSR count). The number of carbonyl (C=O) groups excluding carboxylic acids is 1. The van der Waals surface area contributed by atoms with Crippen LogP contribution in [0, 0.1) is 11.8 Å². The Kier molecular flexibility index (Phi) is 11.1. The number of aliphatic imine (C=N–C) groups is 2. The Morgan fingerprint density at radius 2 is 1.81 bits per heavy atom. The Labute approximate surface area is 255 Å². The number of hydrogen-bond donors (Lipinski definition) is 2. The molecule has 2 aromatic rings. The average Bonchev–Trinajstić information content (AvgIpc) is 3.47. The van der Waals surface area contributed by atoms with Gasteiger partial charge in [-0.25, -0.2) is 9.79 Å². The van der Waals surface area contributed by atoms with Gasteiger partial charge in [0.05, 0.1) is 29.9 Å². The maximum Gasteiger partial charge on any atom is 0.338 e. The minimum atomic E-state index is -0.803. The zero-order valence-corrected chi connectivity index (χ0v) is 26.0. The molecule has 42 heavy (non-hydrogen) atoms. The van der Waals surface area contributed by atoms with Crippen molar-refractivity contribution in [1.82, 2.24) is 4.90 Å². The lowest BCUT2D eigenvalue weighted by Gasteiger charge is -2.48. The number of ether oxygens (including phenoxy) is 2. The van der Waals surface area contributed by atoms with E-state index < -0.39 is 23.7 Å². The molecule has 0 spiro atoms. The lowest BCUT2D eigenvalue weighted by molar-refractivity contribution is -0.229. The van der Waals surface area contributed by atoms with E-state index in [4.69, 9.17) is 9.47 Å². The van der Waals surface area contributed by atoms with Crippen molar-refractivity contribution in [1.29, 1.82) is 0 Å². The third kappa shape index (κ3) is 8.58. The minimum Gasteiger partial charge on any atom is -0.861 e. The van der Waals surface area contributed by atoms with Crippen LogP contribution in [0.5, 0.6) is 0 Å². The number of likely N-dealkylation sites (tertiary alicyclic amines) is 1. The highest BCUT2D eigenvalue weighted by atomic mass is 32.1. The van der Waals surface area contributed by atoms with E-state index in [1.54, 1.807) is 24.3 Å². The summed E-state index contributed by atoms with van der Waals surface area (Å²) in [6, 6.07) is 16.0. The van der Waals surface area contributed by atoms with Gasteiger partial charge in [-0.1, -0.05) is 49.6 Å². The van der Waals surface area contributed by atoms with Crippen molar-refractivity contribution >= 4 is 30.4 Å². The molecule has 1 N–H and O–H groups in total. The molecule has 1 saturated heterocycles. The van der Waals surface area contributed by atoms with Gasteiger partial charge >= 0.3 is 5.97 Å². The Morgan fingerprint density at radius 1 is 1.14 bits per heavy atom. The number of rotatable bonds is 6. The quantitative estimate of drug-likeness (QED) is 0.222. The second-order valence-electron chi connectivity index (χ2n) is 12.4. The molecule has 0 amide bonds. The number of nitrogens with zero attached hydrogens (tertiary/aromatic N) is 3. The van der Waals surface area contributed by atoms with Crippen LogP contribution in [0.3, 0.4) is 0 Å². The zero-order chi connectivity index (χ0) is 30.3. The number of carbonyl (C=O) groups is 1. The van der Waals surface area contributed by atoms with Gasteiger partial charge in [0.2, 0.25) is 5.90 Å². The Balaban J connectivity index is 0.000000507. The summed E-state index contributed by atoms with van der Waals surface area (Å²) in [6.45, 7) is 7.17. The number of esters is 1. The molecule has 2 heterocycles. The Bertz CT molecular complexity index is 1250. The van der Waals surface area contributed by atoms with E-state index in [1.165, 1.54) is 32.8 Å². The van der Waals surface area contributed by atoms with Crippen molar-refractivity contribution in [3.05, 3.63) is 65.7 Å². The number of fused-ring (bicyclic) bond motifs is 1. The molecule has 228 valence electrons. The Morgan fingerprint density at radius 3 is 2.45 bits per heavy atom. The van der Waals surface area contributed by atoms with Gasteiger partial charge in [-0.15, -0.1) is 12.6 Å². The van der Waals surface area contributed by atoms with Gasteiger partial charge in [0.25, 0.3) is 0 Å². The minimum absolute atomic E-state index is 0.0902. The molecule has 0 radical (unpaired) electrons. The Hall–Kier alpha value is -2.88. The van der Waals surface area contributed by atoms with Crippen molar-refractivity contribution in [2.75, 3.05) is 26.8 Å². The lowest BCUT2D eigenvalue weighted by atomic mass is 9.72. The molecule has 5 atom stereocenters. The fraction of sp³-hybridized carbons (Fsp3) is 0.545. The van der Waals surface area contributed by atoms with Gasteiger partial charge in [0.1, 0.15) is 12.6 Å². The standard InChI is InChI=1S/C27H39N3O5.C6H6S/c1-27(2,3)29-24(32)22-13-17-9-5-6-10-18(17)14-30(22)15-23(31)21-16-35-25(28-21)19-11-7-8-12-20(19)26(33)34-4;7-6-4-2-1-3-5-6/h7-8,11-12,17-18,21-23,31H,5-6,9-10,13-16H2,1-4H3,(H,29,32);1-5,7H/p-1/t17-,18+,21-,22-,23+;/m0./s1. The molecule has 3 aliphatic rings. The van der Waals surface area contributed by atoms with Crippen LogP contribution in [0.15, 0.2) is 69.5 Å². The molecule has 0 bridgehead atoms. The molecule has 1 saturated carbocycles. The molecule has 2 aromatic carbocycles. The van der Waals surface area contributed by atoms with Crippen LogP contribution >= 0.6 is 12.6 Å². The van der Waals surface area contributed by atoms with Gasteiger partial charge in [0.15, 0.2) is 0 Å². The molecule has 0 aromatic heterocycles. The van der Waals surface area contributed by atoms with E-state index >= 15 is 0 Å². The first kappa shape index (κ1) is 32.0. The lowest BCUT2D eigenvalue weighted by Crippen LogP contribution is -2.57. The van der Waals surface area contributed by atoms with E-state index in [1.807, 2.05) is 51.1 Å². The summed E-state index contributed by atoms with van der Waals surface area (Å²) in [5.74, 6) is 0.884. The second kappa shape index (κ2) is 14.5. The zero-order valence-electron chi connectivity index (χ0n) is 25.1. The van der Waals surface area contributed by atoms with Crippen LogP contribution in [0.2, 0.25) is 0 Å². The summed E-state index contributed by atoms with van der Waals surface area (Å²) in [7, 11) is 1.34. The van der Waals surface area contributed by atoms with Crippen molar-refractivity contribution in [3.8, 4) is 0 Å². The summed E-state index contributed by atoms with van der Waals surface area (Å²) >= 11 is 4.08. The summed E-state index contributed by atoms with van der Waals surface area (Å²) in [6.07, 6.45) is 4.80. The van der Waals surface area contributed by atoms with Gasteiger partial charge in [-0.3, -0.25) is 9.89 Å². The van der Waals surface area contributed by atoms with E-state index in [0.29, 0.717) is 35.4 Å². The molecule has 2 aliphatic heterocycles. The molecule has 9 heteroatoms. The van der Waals surface area contributed by atoms with Crippen LogP contribution < -0.4 is 5.11 Å². The van der Waals surface area contributed by atoms with Crippen LogP contribution in [0.25, 0.3) is 0 Å². The van der Waals surface area contributed by atoms with Crippen LogP contribution in [0.1, 0.15) is 68.8 Å². The number of β-amino-alcohol motifs (C(OH)–C–C–N with tert-alkyl or cyclic N) is 1. The molecular weight excluding hydrogens is 550 g/mol. The van der Waals surface area contributed by atoms with Crippen molar-refractivity contribution in [2.24, 2.45) is 21.8 Å².